The molecule has 0 saturated carbocycles. The van der Waals surface area contributed by atoms with Crippen LogP contribution in [0.15, 0.2) is 53.9 Å². The van der Waals surface area contributed by atoms with Crippen molar-refractivity contribution in [2.45, 2.75) is 6.54 Å². The number of carbonyl (C=O) groups is 1. The van der Waals surface area contributed by atoms with E-state index in [4.69, 9.17) is 0 Å². The van der Waals surface area contributed by atoms with Crippen LogP contribution in [-0.4, -0.2) is 35.5 Å². The van der Waals surface area contributed by atoms with E-state index in [0.717, 1.165) is 21.5 Å². The van der Waals surface area contributed by atoms with Crippen molar-refractivity contribution < 1.29 is 4.79 Å². The number of carbonyl (C=O) groups excluding carboxylic acids is 1. The molecule has 1 amide bonds. The molecule has 0 aliphatic rings. The molecule has 8 nitrogen and oxygen atoms in total. The van der Waals surface area contributed by atoms with Crippen LogP contribution >= 0.6 is 11.3 Å². The molecule has 4 heterocycles. The maximum Gasteiger partial charge on any atom is 0.272 e. The van der Waals surface area contributed by atoms with E-state index in [2.05, 4.69) is 25.7 Å². The third-order valence-electron chi connectivity index (χ3n) is 4.48. The van der Waals surface area contributed by atoms with E-state index in [9.17, 15) is 4.79 Å². The van der Waals surface area contributed by atoms with E-state index < -0.39 is 0 Å². The number of aromatic nitrogens is 6. The molecular weight excluding hydrogens is 374 g/mol. The highest BCUT2D eigenvalue weighted by Gasteiger charge is 2.17. The van der Waals surface area contributed by atoms with Crippen LogP contribution in [0.2, 0.25) is 0 Å². The maximum atomic E-state index is 12.7. The van der Waals surface area contributed by atoms with Crippen LogP contribution in [0.4, 0.5) is 0 Å². The molecule has 9 heteroatoms. The van der Waals surface area contributed by atoms with E-state index in [0.29, 0.717) is 17.2 Å². The number of benzene rings is 1. The van der Waals surface area contributed by atoms with Crippen molar-refractivity contribution in [3.63, 3.8) is 0 Å². The van der Waals surface area contributed by atoms with Gasteiger partial charge in [-0.2, -0.15) is 14.7 Å². The van der Waals surface area contributed by atoms with Gasteiger partial charge in [0.15, 0.2) is 17.2 Å². The number of para-hydroxylation sites is 1. The van der Waals surface area contributed by atoms with Gasteiger partial charge in [-0.3, -0.25) is 9.48 Å². The fourth-order valence-electron chi connectivity index (χ4n) is 3.12. The van der Waals surface area contributed by atoms with Gasteiger partial charge in [-0.25, -0.2) is 0 Å². The minimum Gasteiger partial charge on any atom is -0.343 e. The second kappa shape index (κ2) is 6.54. The van der Waals surface area contributed by atoms with Crippen molar-refractivity contribution in [1.29, 1.82) is 0 Å². The minimum atomic E-state index is -0.261. The Bertz CT molecular complexity index is 1300. The normalized spacial score (nSPS) is 11.3. The summed E-state index contributed by atoms with van der Waals surface area (Å²) in [5.41, 5.74) is 2.76. The third kappa shape index (κ3) is 2.72. The van der Waals surface area contributed by atoms with E-state index in [1.165, 1.54) is 0 Å². The van der Waals surface area contributed by atoms with Crippen molar-refractivity contribution in [3.8, 4) is 10.6 Å². The molecule has 0 spiro atoms. The Kier molecular flexibility index (Phi) is 3.87. The van der Waals surface area contributed by atoms with Crippen LogP contribution in [0.3, 0.4) is 0 Å². The highest BCUT2D eigenvalue weighted by Crippen LogP contribution is 2.22. The van der Waals surface area contributed by atoms with E-state index >= 15 is 0 Å². The molecule has 1 N–H and O–H groups in total. The molecule has 0 bridgehead atoms. The SMILES string of the molecule is Cn1nc(C(=O)NCc2nnc3ccc(-c4cccs4)nn23)c2ccccc21. The first-order valence-electron chi connectivity index (χ1n) is 8.66. The molecule has 28 heavy (non-hydrogen) atoms. The largest absolute Gasteiger partial charge is 0.343 e. The zero-order valence-corrected chi connectivity index (χ0v) is 15.7. The molecule has 0 atom stereocenters. The first-order valence-corrected chi connectivity index (χ1v) is 9.54. The molecule has 0 saturated heterocycles. The van der Waals surface area contributed by atoms with Crippen LogP contribution < -0.4 is 5.32 Å². The lowest BCUT2D eigenvalue weighted by atomic mass is 10.2. The van der Waals surface area contributed by atoms with Crippen molar-refractivity contribution >= 4 is 33.8 Å². The van der Waals surface area contributed by atoms with Crippen LogP contribution in [0.25, 0.3) is 27.1 Å². The van der Waals surface area contributed by atoms with Gasteiger partial charge in [0.2, 0.25) is 0 Å². The summed E-state index contributed by atoms with van der Waals surface area (Å²) in [6.45, 7) is 0.200. The molecule has 5 rings (SSSR count). The molecular formula is C19H15N7OS. The van der Waals surface area contributed by atoms with Gasteiger partial charge in [0.25, 0.3) is 5.91 Å². The molecule has 4 aromatic heterocycles. The molecule has 0 aliphatic heterocycles. The van der Waals surface area contributed by atoms with Crippen LogP contribution in [0.5, 0.6) is 0 Å². The Morgan fingerprint density at radius 2 is 1.96 bits per heavy atom. The number of aryl methyl sites for hydroxylation is 1. The van der Waals surface area contributed by atoms with Gasteiger partial charge in [0.1, 0.15) is 5.69 Å². The van der Waals surface area contributed by atoms with E-state index in [1.807, 2.05) is 61.0 Å². The van der Waals surface area contributed by atoms with Crippen molar-refractivity contribution in [3.05, 3.63) is 65.4 Å². The molecule has 0 radical (unpaired) electrons. The summed E-state index contributed by atoms with van der Waals surface area (Å²) in [6.07, 6.45) is 0. The lowest BCUT2D eigenvalue weighted by Gasteiger charge is -2.03. The number of amides is 1. The summed E-state index contributed by atoms with van der Waals surface area (Å²) in [7, 11) is 1.82. The van der Waals surface area contributed by atoms with Crippen LogP contribution in [0, 0.1) is 0 Å². The number of thiophene rings is 1. The number of rotatable bonds is 4. The van der Waals surface area contributed by atoms with E-state index in [1.54, 1.807) is 20.5 Å². The van der Waals surface area contributed by atoms with Crippen molar-refractivity contribution in [2.75, 3.05) is 0 Å². The average Bonchev–Trinajstić information content (AvgIpc) is 3.45. The molecule has 1 aromatic carbocycles. The van der Waals surface area contributed by atoms with Gasteiger partial charge in [-0.1, -0.05) is 24.3 Å². The first-order chi connectivity index (χ1) is 13.7. The number of hydrogen-bond donors (Lipinski definition) is 1. The predicted octanol–water partition coefficient (Wildman–Crippen LogP) is 2.67. The predicted molar refractivity (Wildman–Crippen MR) is 106 cm³/mol. The number of nitrogens with one attached hydrogen (secondary N) is 1. The molecule has 0 aliphatic carbocycles. The number of hydrogen-bond acceptors (Lipinski definition) is 6. The number of nitrogens with zero attached hydrogens (tertiary/aromatic N) is 6. The highest BCUT2D eigenvalue weighted by atomic mass is 32.1. The van der Waals surface area contributed by atoms with Gasteiger partial charge < -0.3 is 5.32 Å². The quantitative estimate of drug-likeness (QED) is 0.510. The molecule has 0 fully saturated rings. The third-order valence-corrected chi connectivity index (χ3v) is 5.37. The lowest BCUT2D eigenvalue weighted by Crippen LogP contribution is -2.25. The Morgan fingerprint density at radius 1 is 1.07 bits per heavy atom. The summed E-state index contributed by atoms with van der Waals surface area (Å²) in [4.78, 5) is 13.8. The zero-order valence-electron chi connectivity index (χ0n) is 14.9. The van der Waals surface area contributed by atoms with Crippen LogP contribution in [-0.2, 0) is 13.6 Å². The minimum absolute atomic E-state index is 0.200. The monoisotopic (exact) mass is 389 g/mol. The van der Waals surface area contributed by atoms with Gasteiger partial charge in [0.05, 0.1) is 16.9 Å². The fourth-order valence-corrected chi connectivity index (χ4v) is 3.81. The standard InChI is InChI=1S/C19H15N7OS/c1-25-14-6-3-2-5-12(14)18(24-25)19(27)20-11-17-22-21-16-9-8-13(23-26(16)17)15-7-4-10-28-15/h2-10H,11H2,1H3,(H,20,27). The Labute approximate surface area is 163 Å². The smallest absolute Gasteiger partial charge is 0.272 e. The molecule has 5 aromatic rings. The summed E-state index contributed by atoms with van der Waals surface area (Å²) >= 11 is 1.62. The molecule has 0 unspecified atom stereocenters. The highest BCUT2D eigenvalue weighted by molar-refractivity contribution is 7.13. The Hall–Kier alpha value is -3.59. The van der Waals surface area contributed by atoms with Gasteiger partial charge in [-0.15, -0.1) is 21.5 Å². The maximum absolute atomic E-state index is 12.7. The summed E-state index contributed by atoms with van der Waals surface area (Å²) in [5.74, 6) is 0.296. The second-order valence-electron chi connectivity index (χ2n) is 6.25. The first kappa shape index (κ1) is 16.6. The van der Waals surface area contributed by atoms with Crippen molar-refractivity contribution in [1.82, 2.24) is 34.9 Å². The molecule has 138 valence electrons. The van der Waals surface area contributed by atoms with Crippen LogP contribution in [0.1, 0.15) is 16.3 Å². The number of fused-ring (bicyclic) bond motifs is 2. The average molecular weight is 389 g/mol. The Morgan fingerprint density at radius 3 is 2.82 bits per heavy atom. The van der Waals surface area contributed by atoms with Gasteiger partial charge >= 0.3 is 0 Å². The second-order valence-corrected chi connectivity index (χ2v) is 7.20. The van der Waals surface area contributed by atoms with Crippen molar-refractivity contribution in [2.24, 2.45) is 7.05 Å². The topological polar surface area (TPSA) is 90.0 Å². The Balaban J connectivity index is 1.42. The fraction of sp³-hybridized carbons (Fsp3) is 0.105. The van der Waals surface area contributed by atoms with E-state index in [-0.39, 0.29) is 12.5 Å². The summed E-state index contributed by atoms with van der Waals surface area (Å²) < 4.78 is 3.36. The lowest BCUT2D eigenvalue weighted by molar-refractivity contribution is 0.0945. The van der Waals surface area contributed by atoms with Gasteiger partial charge in [-0.05, 0) is 29.6 Å². The summed E-state index contributed by atoms with van der Waals surface area (Å²) in [6, 6.07) is 15.4. The summed E-state index contributed by atoms with van der Waals surface area (Å²) in [5, 5.41) is 22.9. The zero-order chi connectivity index (χ0) is 19.1. The van der Waals surface area contributed by atoms with Gasteiger partial charge in [0, 0.05) is 12.4 Å².